The van der Waals surface area contributed by atoms with Gasteiger partial charge in [-0.25, -0.2) is 0 Å². The summed E-state index contributed by atoms with van der Waals surface area (Å²) in [7, 11) is -3.47. The first-order valence-electron chi connectivity index (χ1n) is 12.2. The van der Waals surface area contributed by atoms with E-state index in [9.17, 15) is 18.0 Å². The maximum atomic E-state index is 12.4. The largest absolute Gasteiger partial charge is 0.463 e. The third-order valence-corrected chi connectivity index (χ3v) is 6.68. The molecule has 1 unspecified atom stereocenters. The van der Waals surface area contributed by atoms with Crippen molar-refractivity contribution >= 4 is 21.9 Å². The summed E-state index contributed by atoms with van der Waals surface area (Å²) in [5.41, 5.74) is 0. The number of esters is 1. The normalized spacial score (nSPS) is 20.4. The number of unbranched alkanes of at least 4 members (excludes halogenated alkanes) is 5. The summed E-state index contributed by atoms with van der Waals surface area (Å²) in [5.74, 6) is 0.661. The van der Waals surface area contributed by atoms with Gasteiger partial charge in [0.15, 0.2) is 0 Å². The van der Waals surface area contributed by atoms with Crippen molar-refractivity contribution in [2.75, 3.05) is 6.26 Å². The monoisotopic (exact) mass is 460 g/mol. The van der Waals surface area contributed by atoms with Crippen LogP contribution >= 0.6 is 0 Å². The lowest BCUT2D eigenvalue weighted by atomic mass is 9.86. The molecule has 1 saturated carbocycles. The Morgan fingerprint density at radius 1 is 1.03 bits per heavy atom. The molecule has 3 atom stereocenters. The average molecular weight is 461 g/mol. The average Bonchev–Trinajstić information content (AvgIpc) is 3.00. The zero-order valence-electron chi connectivity index (χ0n) is 20.1. The molecule has 0 bridgehead atoms. The smallest absolute Gasteiger partial charge is 0.306 e. The van der Waals surface area contributed by atoms with Gasteiger partial charge in [0.1, 0.15) is 5.78 Å². The number of hydrogen-bond donors (Lipinski definition) is 0. The third-order valence-electron chi connectivity index (χ3n) is 6.06. The van der Waals surface area contributed by atoms with Gasteiger partial charge >= 0.3 is 5.97 Å². The predicted molar refractivity (Wildman–Crippen MR) is 123 cm³/mol. The van der Waals surface area contributed by atoms with Crippen molar-refractivity contribution in [1.29, 1.82) is 0 Å². The molecule has 0 saturated heterocycles. The molecule has 1 rings (SSSR count). The zero-order chi connectivity index (χ0) is 23.3. The van der Waals surface area contributed by atoms with Crippen LogP contribution in [-0.4, -0.2) is 38.6 Å². The quantitative estimate of drug-likeness (QED) is 0.160. The van der Waals surface area contributed by atoms with E-state index in [1.165, 1.54) is 0 Å². The molecule has 0 N–H and O–H groups in total. The van der Waals surface area contributed by atoms with Crippen LogP contribution in [0.4, 0.5) is 0 Å². The number of rotatable bonds is 17. The van der Waals surface area contributed by atoms with Crippen LogP contribution in [-0.2, 0) is 28.6 Å². The van der Waals surface area contributed by atoms with E-state index in [1.54, 1.807) is 0 Å². The minimum atomic E-state index is -3.47. The molecule has 0 aromatic carbocycles. The van der Waals surface area contributed by atoms with Crippen molar-refractivity contribution in [3.8, 4) is 0 Å². The molecule has 0 radical (unpaired) electrons. The Labute approximate surface area is 190 Å². The van der Waals surface area contributed by atoms with E-state index < -0.39 is 10.1 Å². The fourth-order valence-electron chi connectivity index (χ4n) is 4.54. The summed E-state index contributed by atoms with van der Waals surface area (Å²) in [6.45, 7) is 5.83. The SMILES string of the molecule is CCCCCC(CC[C@H]1CCC(=O)[C@@H]1CCCCCCC(=O)OC(C)C)OS(C)(=O)=O. The number of Topliss-reactive ketones (excluding diaryl/α,β-unsaturated/α-hetero) is 1. The van der Waals surface area contributed by atoms with Crippen molar-refractivity contribution in [2.24, 2.45) is 11.8 Å². The molecule has 31 heavy (non-hydrogen) atoms. The lowest BCUT2D eigenvalue weighted by molar-refractivity contribution is -0.147. The lowest BCUT2D eigenvalue weighted by Gasteiger charge is -2.22. The molecule has 0 aromatic heterocycles. The van der Waals surface area contributed by atoms with Gasteiger partial charge < -0.3 is 4.74 Å². The van der Waals surface area contributed by atoms with E-state index in [-0.39, 0.29) is 24.1 Å². The molecule has 0 amide bonds. The van der Waals surface area contributed by atoms with Crippen LogP contribution in [0.2, 0.25) is 0 Å². The Morgan fingerprint density at radius 3 is 2.39 bits per heavy atom. The van der Waals surface area contributed by atoms with Gasteiger partial charge in [-0.3, -0.25) is 13.8 Å². The molecule has 0 spiro atoms. The standard InChI is InChI=1S/C24H44O6S/c1-5-6-9-12-21(30-31(4,27)28)17-15-20-16-18-23(25)22(20)13-10-7-8-11-14-24(26)29-19(2)3/h19-22H,5-18H2,1-4H3/t20-,21?,22+/m0/s1. The number of hydrogen-bond acceptors (Lipinski definition) is 6. The molecule has 1 aliphatic rings. The fourth-order valence-corrected chi connectivity index (χ4v) is 5.22. The Morgan fingerprint density at radius 2 is 1.74 bits per heavy atom. The van der Waals surface area contributed by atoms with Crippen LogP contribution in [0.3, 0.4) is 0 Å². The van der Waals surface area contributed by atoms with Crippen molar-refractivity contribution in [3.63, 3.8) is 0 Å². The van der Waals surface area contributed by atoms with Gasteiger partial charge in [0.2, 0.25) is 0 Å². The highest BCUT2D eigenvalue weighted by Gasteiger charge is 2.34. The predicted octanol–water partition coefficient (Wildman–Crippen LogP) is 5.58. The van der Waals surface area contributed by atoms with E-state index >= 15 is 0 Å². The molecular weight excluding hydrogens is 416 g/mol. The second-order valence-electron chi connectivity index (χ2n) is 9.36. The zero-order valence-corrected chi connectivity index (χ0v) is 20.9. The Bertz CT molecular complexity index is 628. The van der Waals surface area contributed by atoms with E-state index in [0.717, 1.165) is 76.9 Å². The molecule has 1 aliphatic carbocycles. The van der Waals surface area contributed by atoms with Crippen LogP contribution in [0.5, 0.6) is 0 Å². The van der Waals surface area contributed by atoms with Crippen molar-refractivity contribution < 1.29 is 26.9 Å². The van der Waals surface area contributed by atoms with Crippen LogP contribution in [0, 0.1) is 11.8 Å². The van der Waals surface area contributed by atoms with Crippen LogP contribution < -0.4 is 0 Å². The van der Waals surface area contributed by atoms with Crippen LogP contribution in [0.15, 0.2) is 0 Å². The lowest BCUT2D eigenvalue weighted by Crippen LogP contribution is -2.21. The number of ether oxygens (including phenoxy) is 1. The van der Waals surface area contributed by atoms with Gasteiger partial charge in [-0.1, -0.05) is 45.4 Å². The van der Waals surface area contributed by atoms with E-state index in [0.29, 0.717) is 31.0 Å². The number of carbonyl (C=O) groups is 2. The topological polar surface area (TPSA) is 86.7 Å². The minimum Gasteiger partial charge on any atom is -0.463 e. The van der Waals surface area contributed by atoms with Crippen LogP contribution in [0.1, 0.15) is 111 Å². The first-order chi connectivity index (χ1) is 14.6. The first kappa shape index (κ1) is 28.1. The molecular formula is C24H44O6S. The maximum Gasteiger partial charge on any atom is 0.306 e. The summed E-state index contributed by atoms with van der Waals surface area (Å²) in [6.07, 6.45) is 12.9. The summed E-state index contributed by atoms with van der Waals surface area (Å²) < 4.78 is 33.7. The highest BCUT2D eigenvalue weighted by atomic mass is 32.2. The molecule has 1 fully saturated rings. The van der Waals surface area contributed by atoms with Gasteiger partial charge in [-0.15, -0.1) is 0 Å². The maximum absolute atomic E-state index is 12.4. The van der Waals surface area contributed by atoms with Crippen molar-refractivity contribution in [3.05, 3.63) is 0 Å². The molecule has 182 valence electrons. The van der Waals surface area contributed by atoms with Crippen molar-refractivity contribution in [1.82, 2.24) is 0 Å². The molecule has 0 heterocycles. The Hall–Kier alpha value is -0.950. The van der Waals surface area contributed by atoms with Gasteiger partial charge in [-0.2, -0.15) is 8.42 Å². The van der Waals surface area contributed by atoms with Gasteiger partial charge in [0, 0.05) is 18.8 Å². The third kappa shape index (κ3) is 13.3. The van der Waals surface area contributed by atoms with Gasteiger partial charge in [-0.05, 0) is 58.3 Å². The van der Waals surface area contributed by atoms with E-state index in [1.807, 2.05) is 13.8 Å². The second kappa shape index (κ2) is 15.0. The van der Waals surface area contributed by atoms with Crippen LogP contribution in [0.25, 0.3) is 0 Å². The van der Waals surface area contributed by atoms with E-state index in [4.69, 9.17) is 8.92 Å². The molecule has 6 nitrogen and oxygen atoms in total. The Balaban J connectivity index is 2.37. The minimum absolute atomic E-state index is 0.0631. The second-order valence-corrected chi connectivity index (χ2v) is 11.0. The molecule has 7 heteroatoms. The van der Waals surface area contributed by atoms with Gasteiger partial charge in [0.05, 0.1) is 18.5 Å². The summed E-state index contributed by atoms with van der Waals surface area (Å²) in [4.78, 5) is 24.0. The molecule has 0 aromatic rings. The fraction of sp³-hybridized carbons (Fsp3) is 0.917. The highest BCUT2D eigenvalue weighted by molar-refractivity contribution is 7.86. The van der Waals surface area contributed by atoms with Gasteiger partial charge in [0.25, 0.3) is 10.1 Å². The first-order valence-corrected chi connectivity index (χ1v) is 14.0. The number of carbonyl (C=O) groups excluding carboxylic acids is 2. The number of ketones is 1. The molecule has 0 aliphatic heterocycles. The van der Waals surface area contributed by atoms with Crippen molar-refractivity contribution in [2.45, 2.75) is 123 Å². The summed E-state index contributed by atoms with van der Waals surface area (Å²) >= 11 is 0. The Kier molecular flexibility index (Phi) is 13.6. The summed E-state index contributed by atoms with van der Waals surface area (Å²) in [6, 6.07) is 0. The highest BCUT2D eigenvalue weighted by Crippen LogP contribution is 2.36. The summed E-state index contributed by atoms with van der Waals surface area (Å²) in [5, 5.41) is 0. The van der Waals surface area contributed by atoms with E-state index in [2.05, 4.69) is 6.92 Å².